The normalized spacial score (nSPS) is 10.3. The lowest BCUT2D eigenvalue weighted by atomic mass is 10.2. The number of rotatable bonds is 3. The summed E-state index contributed by atoms with van der Waals surface area (Å²) in [5.41, 5.74) is 7.61. The zero-order valence-corrected chi connectivity index (χ0v) is 10.2. The molecule has 1 aromatic carbocycles. The number of aryl methyl sites for hydroxylation is 1. The van der Waals surface area contributed by atoms with E-state index in [0.717, 1.165) is 11.1 Å². The van der Waals surface area contributed by atoms with Gasteiger partial charge in [0, 0.05) is 18.8 Å². The predicted molar refractivity (Wildman–Crippen MR) is 68.4 cm³/mol. The van der Waals surface area contributed by atoms with Crippen LogP contribution in [0.2, 0.25) is 5.02 Å². The molecule has 0 aliphatic carbocycles. The maximum atomic E-state index is 6.04. The predicted octanol–water partition coefficient (Wildman–Crippen LogP) is 3.29. The van der Waals surface area contributed by atoms with E-state index in [1.807, 2.05) is 25.1 Å². The molecule has 0 spiro atoms. The highest BCUT2D eigenvalue weighted by Crippen LogP contribution is 2.29. The first kappa shape index (κ1) is 11.9. The number of nitrogens with zero attached hydrogens (tertiary/aromatic N) is 1. The summed E-state index contributed by atoms with van der Waals surface area (Å²) in [7, 11) is 0. The van der Waals surface area contributed by atoms with Crippen LogP contribution in [-0.2, 0) is 6.54 Å². The van der Waals surface area contributed by atoms with Gasteiger partial charge in [0.1, 0.15) is 5.75 Å². The van der Waals surface area contributed by atoms with Gasteiger partial charge in [-0.05, 0) is 36.2 Å². The molecule has 3 nitrogen and oxygen atoms in total. The highest BCUT2D eigenvalue weighted by molar-refractivity contribution is 6.32. The summed E-state index contributed by atoms with van der Waals surface area (Å²) in [4.78, 5) is 4.12. The fourth-order valence-corrected chi connectivity index (χ4v) is 1.59. The molecule has 0 atom stereocenters. The molecule has 0 amide bonds. The van der Waals surface area contributed by atoms with Gasteiger partial charge in [-0.25, -0.2) is 4.98 Å². The number of nitrogens with two attached hydrogens (primary N) is 1. The summed E-state index contributed by atoms with van der Waals surface area (Å²) in [6.45, 7) is 2.44. The molecule has 2 rings (SSSR count). The van der Waals surface area contributed by atoms with Gasteiger partial charge in [0.05, 0.1) is 5.02 Å². The fourth-order valence-electron chi connectivity index (χ4n) is 1.43. The van der Waals surface area contributed by atoms with E-state index in [4.69, 9.17) is 22.1 Å². The van der Waals surface area contributed by atoms with Crippen molar-refractivity contribution in [2.24, 2.45) is 5.73 Å². The molecule has 0 aliphatic rings. The molecule has 1 aromatic heterocycles. The maximum absolute atomic E-state index is 6.04. The topological polar surface area (TPSA) is 48.1 Å². The second-order valence-electron chi connectivity index (χ2n) is 3.74. The lowest BCUT2D eigenvalue weighted by Crippen LogP contribution is -1.97. The first-order valence-corrected chi connectivity index (χ1v) is 5.66. The van der Waals surface area contributed by atoms with Gasteiger partial charge >= 0.3 is 0 Å². The first-order chi connectivity index (χ1) is 8.19. The Labute approximate surface area is 105 Å². The van der Waals surface area contributed by atoms with Crippen LogP contribution in [0.15, 0.2) is 36.5 Å². The monoisotopic (exact) mass is 248 g/mol. The summed E-state index contributed by atoms with van der Waals surface area (Å²) >= 11 is 6.04. The average Bonchev–Trinajstić information content (AvgIpc) is 2.34. The van der Waals surface area contributed by atoms with Gasteiger partial charge in [-0.3, -0.25) is 0 Å². The Morgan fingerprint density at radius 3 is 2.88 bits per heavy atom. The lowest BCUT2D eigenvalue weighted by Gasteiger charge is -2.08. The molecule has 0 aliphatic heterocycles. The molecule has 0 saturated carbocycles. The van der Waals surface area contributed by atoms with Gasteiger partial charge < -0.3 is 10.5 Å². The number of halogens is 1. The van der Waals surface area contributed by atoms with E-state index in [1.165, 1.54) is 0 Å². The van der Waals surface area contributed by atoms with E-state index < -0.39 is 0 Å². The first-order valence-electron chi connectivity index (χ1n) is 5.28. The second-order valence-corrected chi connectivity index (χ2v) is 4.15. The van der Waals surface area contributed by atoms with E-state index in [-0.39, 0.29) is 0 Å². The number of hydrogen-bond acceptors (Lipinski definition) is 3. The molecule has 88 valence electrons. The number of benzene rings is 1. The van der Waals surface area contributed by atoms with Crippen LogP contribution in [0, 0.1) is 6.92 Å². The third-order valence-corrected chi connectivity index (χ3v) is 2.65. The molecule has 0 saturated heterocycles. The SMILES string of the molecule is Cc1ccc(Cl)c(Oc2cc(CN)ccn2)c1. The Balaban J connectivity index is 2.27. The van der Waals surface area contributed by atoms with Crippen molar-refractivity contribution in [2.75, 3.05) is 0 Å². The Morgan fingerprint density at radius 2 is 2.12 bits per heavy atom. The molecule has 17 heavy (non-hydrogen) atoms. The third kappa shape index (κ3) is 2.96. The zero-order chi connectivity index (χ0) is 12.3. The van der Waals surface area contributed by atoms with Crippen molar-refractivity contribution in [3.8, 4) is 11.6 Å². The maximum Gasteiger partial charge on any atom is 0.219 e. The average molecular weight is 249 g/mol. The van der Waals surface area contributed by atoms with Crippen LogP contribution < -0.4 is 10.5 Å². The van der Waals surface area contributed by atoms with Crippen molar-refractivity contribution in [3.05, 3.63) is 52.7 Å². The van der Waals surface area contributed by atoms with Crippen LogP contribution in [0.1, 0.15) is 11.1 Å². The van der Waals surface area contributed by atoms with Crippen LogP contribution in [0.3, 0.4) is 0 Å². The van der Waals surface area contributed by atoms with Crippen molar-refractivity contribution in [1.82, 2.24) is 4.98 Å². The van der Waals surface area contributed by atoms with Gasteiger partial charge in [-0.15, -0.1) is 0 Å². The number of hydrogen-bond donors (Lipinski definition) is 1. The van der Waals surface area contributed by atoms with E-state index in [2.05, 4.69) is 4.98 Å². The van der Waals surface area contributed by atoms with Crippen molar-refractivity contribution >= 4 is 11.6 Å². The highest BCUT2D eigenvalue weighted by Gasteiger charge is 2.04. The van der Waals surface area contributed by atoms with E-state index >= 15 is 0 Å². The molecule has 1 heterocycles. The van der Waals surface area contributed by atoms with E-state index in [0.29, 0.717) is 23.2 Å². The van der Waals surface area contributed by atoms with Crippen molar-refractivity contribution in [2.45, 2.75) is 13.5 Å². The quantitative estimate of drug-likeness (QED) is 0.907. The Hall–Kier alpha value is -1.58. The van der Waals surface area contributed by atoms with E-state index in [9.17, 15) is 0 Å². The molecular weight excluding hydrogens is 236 g/mol. The molecule has 2 aromatic rings. The number of pyridine rings is 1. The van der Waals surface area contributed by atoms with Crippen LogP contribution in [-0.4, -0.2) is 4.98 Å². The lowest BCUT2D eigenvalue weighted by molar-refractivity contribution is 0.462. The molecule has 0 bridgehead atoms. The van der Waals surface area contributed by atoms with Crippen molar-refractivity contribution in [1.29, 1.82) is 0 Å². The largest absolute Gasteiger partial charge is 0.437 e. The fraction of sp³-hybridized carbons (Fsp3) is 0.154. The number of aromatic nitrogens is 1. The van der Waals surface area contributed by atoms with Gasteiger partial charge in [0.25, 0.3) is 0 Å². The Morgan fingerprint density at radius 1 is 1.29 bits per heavy atom. The van der Waals surface area contributed by atoms with Gasteiger partial charge in [-0.2, -0.15) is 0 Å². The summed E-state index contributed by atoms with van der Waals surface area (Å²) in [5, 5.41) is 0.565. The van der Waals surface area contributed by atoms with Crippen LogP contribution >= 0.6 is 11.6 Å². The summed E-state index contributed by atoms with van der Waals surface area (Å²) < 4.78 is 5.63. The van der Waals surface area contributed by atoms with E-state index in [1.54, 1.807) is 18.3 Å². The highest BCUT2D eigenvalue weighted by atomic mass is 35.5. The number of ether oxygens (including phenoxy) is 1. The summed E-state index contributed by atoms with van der Waals surface area (Å²) in [6.07, 6.45) is 1.67. The van der Waals surface area contributed by atoms with Crippen molar-refractivity contribution < 1.29 is 4.74 Å². The van der Waals surface area contributed by atoms with Crippen LogP contribution in [0.25, 0.3) is 0 Å². The van der Waals surface area contributed by atoms with Crippen LogP contribution in [0.4, 0.5) is 0 Å². The minimum Gasteiger partial charge on any atom is -0.437 e. The van der Waals surface area contributed by atoms with Gasteiger partial charge in [0.15, 0.2) is 0 Å². The summed E-state index contributed by atoms with van der Waals surface area (Å²) in [6, 6.07) is 9.26. The minimum absolute atomic E-state index is 0.459. The Kier molecular flexibility index (Phi) is 3.61. The second kappa shape index (κ2) is 5.17. The summed E-state index contributed by atoms with van der Waals surface area (Å²) in [5.74, 6) is 1.11. The Bertz CT molecular complexity index is 529. The third-order valence-electron chi connectivity index (χ3n) is 2.34. The smallest absolute Gasteiger partial charge is 0.219 e. The zero-order valence-electron chi connectivity index (χ0n) is 9.48. The minimum atomic E-state index is 0.459. The standard InChI is InChI=1S/C13H13ClN2O/c1-9-2-3-11(14)12(6-9)17-13-7-10(8-15)4-5-16-13/h2-7H,8,15H2,1H3. The molecule has 0 radical (unpaired) electrons. The molecular formula is C13H13ClN2O. The molecule has 4 heteroatoms. The molecule has 0 fully saturated rings. The van der Waals surface area contributed by atoms with Crippen molar-refractivity contribution in [3.63, 3.8) is 0 Å². The van der Waals surface area contributed by atoms with Gasteiger partial charge in [0.2, 0.25) is 5.88 Å². The van der Waals surface area contributed by atoms with Crippen LogP contribution in [0.5, 0.6) is 11.6 Å². The molecule has 0 unspecified atom stereocenters. The van der Waals surface area contributed by atoms with Gasteiger partial charge in [-0.1, -0.05) is 17.7 Å². The molecule has 2 N–H and O–H groups in total.